The average molecular weight is 259 g/mol. The second-order valence-corrected chi connectivity index (χ2v) is 5.10. The zero-order valence-corrected chi connectivity index (χ0v) is 11.1. The van der Waals surface area contributed by atoms with E-state index in [9.17, 15) is 0 Å². The topological polar surface area (TPSA) is 78.9 Å². The molecule has 2 N–H and O–H groups in total. The highest BCUT2D eigenvalue weighted by molar-refractivity contribution is 5.66. The van der Waals surface area contributed by atoms with Gasteiger partial charge < -0.3 is 10.5 Å². The summed E-state index contributed by atoms with van der Waals surface area (Å²) >= 11 is 0. The van der Waals surface area contributed by atoms with E-state index in [1.54, 1.807) is 0 Å². The Morgan fingerprint density at radius 2 is 2.21 bits per heavy atom. The average Bonchev–Trinajstić information content (AvgIpc) is 2.94. The lowest BCUT2D eigenvalue weighted by molar-refractivity contribution is 0.342. The second-order valence-electron chi connectivity index (χ2n) is 5.10. The van der Waals surface area contributed by atoms with E-state index in [0.29, 0.717) is 18.0 Å². The van der Waals surface area contributed by atoms with Crippen molar-refractivity contribution in [3.63, 3.8) is 0 Å². The second kappa shape index (κ2) is 4.22. The first-order chi connectivity index (χ1) is 9.14. The Morgan fingerprint density at radius 3 is 2.84 bits per heavy atom. The van der Waals surface area contributed by atoms with E-state index in [0.717, 1.165) is 24.2 Å². The maximum atomic E-state index is 5.99. The van der Waals surface area contributed by atoms with Crippen LogP contribution in [0.25, 0.3) is 11.4 Å². The molecule has 3 rings (SSSR count). The van der Waals surface area contributed by atoms with Crippen LogP contribution < -0.4 is 10.5 Å². The van der Waals surface area contributed by atoms with E-state index in [2.05, 4.69) is 22.4 Å². The van der Waals surface area contributed by atoms with Crippen LogP contribution in [0.3, 0.4) is 0 Å². The summed E-state index contributed by atoms with van der Waals surface area (Å²) in [4.78, 5) is 0. The van der Waals surface area contributed by atoms with Crippen molar-refractivity contribution in [3.8, 4) is 17.1 Å². The summed E-state index contributed by atoms with van der Waals surface area (Å²) in [6.07, 6.45) is 2.22. The van der Waals surface area contributed by atoms with Gasteiger partial charge in [-0.1, -0.05) is 0 Å². The number of benzene rings is 1. The first-order valence-corrected chi connectivity index (χ1v) is 6.45. The van der Waals surface area contributed by atoms with Crippen molar-refractivity contribution in [2.75, 3.05) is 12.3 Å². The van der Waals surface area contributed by atoms with Crippen LogP contribution in [0.5, 0.6) is 5.75 Å². The van der Waals surface area contributed by atoms with Crippen LogP contribution in [0.1, 0.15) is 26.7 Å². The Morgan fingerprint density at radius 1 is 1.42 bits per heavy atom. The molecule has 0 spiro atoms. The highest BCUT2D eigenvalue weighted by Crippen LogP contribution is 2.44. The molecule has 100 valence electrons. The van der Waals surface area contributed by atoms with Crippen LogP contribution >= 0.6 is 0 Å². The molecule has 1 aliphatic carbocycles. The molecular weight excluding hydrogens is 242 g/mol. The number of hydrogen-bond donors (Lipinski definition) is 1. The fourth-order valence-corrected chi connectivity index (χ4v) is 2.10. The predicted octanol–water partition coefficient (Wildman–Crippen LogP) is 1.83. The third-order valence-corrected chi connectivity index (χ3v) is 3.52. The number of aromatic nitrogens is 4. The zero-order valence-electron chi connectivity index (χ0n) is 11.1. The lowest BCUT2D eigenvalue weighted by Crippen LogP contribution is -2.15. The Balaban J connectivity index is 1.99. The molecule has 1 saturated carbocycles. The minimum Gasteiger partial charge on any atom is -0.492 e. The van der Waals surface area contributed by atoms with Crippen LogP contribution in [0.4, 0.5) is 5.69 Å². The van der Waals surface area contributed by atoms with Crippen LogP contribution in [-0.2, 0) is 5.54 Å². The van der Waals surface area contributed by atoms with Crippen molar-refractivity contribution in [1.29, 1.82) is 0 Å². The van der Waals surface area contributed by atoms with Crippen LogP contribution in [0.2, 0.25) is 0 Å². The van der Waals surface area contributed by atoms with Gasteiger partial charge in [0.15, 0.2) is 5.82 Å². The molecule has 0 unspecified atom stereocenters. The SMILES string of the molecule is CCOc1ccc(-c2nnnn2C2(C)CC2)cc1N. The monoisotopic (exact) mass is 259 g/mol. The fourth-order valence-electron chi connectivity index (χ4n) is 2.10. The lowest BCUT2D eigenvalue weighted by Gasteiger charge is -2.12. The van der Waals surface area contributed by atoms with Gasteiger partial charge in [-0.2, -0.15) is 0 Å². The van der Waals surface area contributed by atoms with Gasteiger partial charge in [0, 0.05) is 5.56 Å². The number of ether oxygens (including phenoxy) is 1. The molecule has 0 amide bonds. The van der Waals surface area contributed by atoms with Crippen LogP contribution in [0, 0.1) is 0 Å². The van der Waals surface area contributed by atoms with E-state index in [-0.39, 0.29) is 5.54 Å². The van der Waals surface area contributed by atoms with Crippen molar-refractivity contribution in [2.24, 2.45) is 0 Å². The number of tetrazole rings is 1. The number of anilines is 1. The van der Waals surface area contributed by atoms with Crippen molar-refractivity contribution in [2.45, 2.75) is 32.2 Å². The Hall–Kier alpha value is -2.11. The van der Waals surface area contributed by atoms with E-state index < -0.39 is 0 Å². The molecule has 1 heterocycles. The van der Waals surface area contributed by atoms with Crippen LogP contribution in [0.15, 0.2) is 18.2 Å². The van der Waals surface area contributed by atoms with Crippen molar-refractivity contribution < 1.29 is 4.74 Å². The van der Waals surface area contributed by atoms with Gasteiger partial charge in [0.2, 0.25) is 0 Å². The van der Waals surface area contributed by atoms with Crippen LogP contribution in [-0.4, -0.2) is 26.8 Å². The number of nitrogens with zero attached hydrogens (tertiary/aromatic N) is 4. The number of nitrogen functional groups attached to an aromatic ring is 1. The van der Waals surface area contributed by atoms with Gasteiger partial charge in [-0.05, 0) is 55.3 Å². The standard InChI is InChI=1S/C13H17N5O/c1-3-19-11-5-4-9(8-10(11)14)12-15-16-17-18(12)13(2)6-7-13/h4-5,8H,3,6-7,14H2,1-2H3. The summed E-state index contributed by atoms with van der Waals surface area (Å²) in [5, 5.41) is 12.0. The summed E-state index contributed by atoms with van der Waals surface area (Å²) in [7, 11) is 0. The molecule has 2 aromatic rings. The smallest absolute Gasteiger partial charge is 0.182 e. The minimum atomic E-state index is 0.0617. The summed E-state index contributed by atoms with van der Waals surface area (Å²) in [5.74, 6) is 1.46. The summed E-state index contributed by atoms with van der Waals surface area (Å²) in [6.45, 7) is 4.69. The zero-order chi connectivity index (χ0) is 13.5. The largest absolute Gasteiger partial charge is 0.492 e. The quantitative estimate of drug-likeness (QED) is 0.847. The van der Waals surface area contributed by atoms with Gasteiger partial charge in [-0.15, -0.1) is 5.10 Å². The molecule has 0 saturated heterocycles. The van der Waals surface area contributed by atoms with E-state index in [4.69, 9.17) is 10.5 Å². The van der Waals surface area contributed by atoms with Gasteiger partial charge in [-0.25, -0.2) is 4.68 Å². The maximum Gasteiger partial charge on any atom is 0.182 e. The third kappa shape index (κ3) is 2.03. The minimum absolute atomic E-state index is 0.0617. The summed E-state index contributed by atoms with van der Waals surface area (Å²) < 4.78 is 7.33. The Kier molecular flexibility index (Phi) is 2.66. The van der Waals surface area contributed by atoms with Gasteiger partial charge in [0.1, 0.15) is 5.75 Å². The molecule has 0 radical (unpaired) electrons. The number of hydrogen-bond acceptors (Lipinski definition) is 5. The molecule has 1 aromatic carbocycles. The van der Waals surface area contributed by atoms with Crippen molar-refractivity contribution in [3.05, 3.63) is 18.2 Å². The molecule has 6 heteroatoms. The molecule has 1 aliphatic rings. The summed E-state index contributed by atoms with van der Waals surface area (Å²) in [6, 6.07) is 5.66. The molecule has 0 atom stereocenters. The van der Waals surface area contributed by atoms with Crippen molar-refractivity contribution >= 4 is 5.69 Å². The molecule has 6 nitrogen and oxygen atoms in total. The van der Waals surface area contributed by atoms with E-state index in [1.165, 1.54) is 0 Å². The number of rotatable bonds is 4. The first-order valence-electron chi connectivity index (χ1n) is 6.45. The fraction of sp³-hybridized carbons (Fsp3) is 0.462. The molecule has 1 aromatic heterocycles. The first kappa shape index (κ1) is 12.0. The van der Waals surface area contributed by atoms with Gasteiger partial charge in [0.05, 0.1) is 17.8 Å². The van der Waals surface area contributed by atoms with Gasteiger partial charge in [-0.3, -0.25) is 0 Å². The predicted molar refractivity (Wildman–Crippen MR) is 71.7 cm³/mol. The molecular formula is C13H17N5O. The summed E-state index contributed by atoms with van der Waals surface area (Å²) in [5.41, 5.74) is 7.57. The molecule has 19 heavy (non-hydrogen) atoms. The normalized spacial score (nSPS) is 16.3. The third-order valence-electron chi connectivity index (χ3n) is 3.52. The van der Waals surface area contributed by atoms with E-state index >= 15 is 0 Å². The van der Waals surface area contributed by atoms with Gasteiger partial charge in [0.25, 0.3) is 0 Å². The highest BCUT2D eigenvalue weighted by Gasteiger charge is 2.42. The van der Waals surface area contributed by atoms with Gasteiger partial charge >= 0.3 is 0 Å². The molecule has 0 aliphatic heterocycles. The lowest BCUT2D eigenvalue weighted by atomic mass is 10.1. The maximum absolute atomic E-state index is 5.99. The number of nitrogens with two attached hydrogens (primary N) is 1. The Labute approximate surface area is 111 Å². The molecule has 0 bridgehead atoms. The van der Waals surface area contributed by atoms with E-state index in [1.807, 2.05) is 29.8 Å². The highest BCUT2D eigenvalue weighted by atomic mass is 16.5. The van der Waals surface area contributed by atoms with Crippen molar-refractivity contribution in [1.82, 2.24) is 20.2 Å². The Bertz CT molecular complexity index is 603. The molecule has 1 fully saturated rings.